The molecule has 4 unspecified atom stereocenters. The molecule has 4 atom stereocenters. The van der Waals surface area contributed by atoms with E-state index in [1.807, 2.05) is 0 Å². The number of benzene rings is 8. The van der Waals surface area contributed by atoms with Gasteiger partial charge in [0.25, 0.3) is 0 Å². The van der Waals surface area contributed by atoms with Crippen LogP contribution < -0.4 is 4.90 Å². The molecule has 0 saturated heterocycles. The lowest BCUT2D eigenvalue weighted by Crippen LogP contribution is -2.88. The second kappa shape index (κ2) is 11.9. The van der Waals surface area contributed by atoms with E-state index in [0.29, 0.717) is 5.41 Å². The SMILES string of the molecule is CC1(C)c2ccccc2-c2cc(N(c3ccc(-c4ccc(-c5ccccc5)cc4)cc3)c3ccc4c(c3)-c3cc(-c5ccccc5)ccc3C43C4CC5CC6CC3C564)ccc21. The highest BCUT2D eigenvalue weighted by Crippen LogP contribution is 2.94. The fourth-order valence-corrected chi connectivity index (χ4v) is 14.5. The van der Waals surface area contributed by atoms with Gasteiger partial charge in [-0.25, -0.2) is 0 Å². The molecule has 0 aliphatic heterocycles. The summed E-state index contributed by atoms with van der Waals surface area (Å²) in [4.78, 5) is 2.52. The van der Waals surface area contributed by atoms with Gasteiger partial charge in [-0.2, -0.15) is 0 Å². The summed E-state index contributed by atoms with van der Waals surface area (Å²) in [5.74, 6) is 3.55. The smallest absolute Gasteiger partial charge is 0.0468 e. The first-order valence-electron chi connectivity index (χ1n) is 22.6. The zero-order valence-corrected chi connectivity index (χ0v) is 34.8. The van der Waals surface area contributed by atoms with Gasteiger partial charge in [-0.1, -0.05) is 159 Å². The molecule has 0 radical (unpaired) electrons. The zero-order valence-electron chi connectivity index (χ0n) is 34.8. The maximum Gasteiger partial charge on any atom is 0.0468 e. The van der Waals surface area contributed by atoms with Gasteiger partial charge in [-0.15, -0.1) is 0 Å². The van der Waals surface area contributed by atoms with E-state index in [9.17, 15) is 0 Å². The van der Waals surface area contributed by atoms with Crippen molar-refractivity contribution in [2.45, 2.75) is 43.9 Å². The lowest BCUT2D eigenvalue weighted by atomic mass is 9.11. The quantitative estimate of drug-likeness (QED) is 0.162. The Hall–Kier alpha value is -6.44. The second-order valence-electron chi connectivity index (χ2n) is 19.7. The Morgan fingerprint density at radius 2 is 0.787 bits per heavy atom. The van der Waals surface area contributed by atoms with E-state index in [1.54, 1.807) is 11.1 Å². The van der Waals surface area contributed by atoms with Gasteiger partial charge in [0.1, 0.15) is 0 Å². The second-order valence-corrected chi connectivity index (χ2v) is 19.7. The maximum absolute atomic E-state index is 2.57. The molecule has 6 aliphatic rings. The van der Waals surface area contributed by atoms with Gasteiger partial charge in [0.05, 0.1) is 0 Å². The van der Waals surface area contributed by atoms with Crippen molar-refractivity contribution in [3.8, 4) is 55.6 Å². The van der Waals surface area contributed by atoms with Crippen LogP contribution in [0.1, 0.15) is 55.4 Å². The summed E-state index contributed by atoms with van der Waals surface area (Å²) in [6.07, 6.45) is 4.31. The Balaban J connectivity index is 0.922. The van der Waals surface area contributed by atoms with E-state index >= 15 is 0 Å². The summed E-state index contributed by atoms with van der Waals surface area (Å²) in [5.41, 5.74) is 23.5. The van der Waals surface area contributed by atoms with Gasteiger partial charge in [0.15, 0.2) is 0 Å². The highest BCUT2D eigenvalue weighted by molar-refractivity contribution is 5.92. The Morgan fingerprint density at radius 3 is 1.39 bits per heavy atom. The number of hydrogen-bond donors (Lipinski definition) is 0. The number of fused-ring (bicyclic) bond motifs is 10. The molecule has 2 spiro atoms. The van der Waals surface area contributed by atoms with Crippen LogP contribution in [0.5, 0.6) is 0 Å². The van der Waals surface area contributed by atoms with Crippen LogP contribution in [0.3, 0.4) is 0 Å². The third kappa shape index (κ3) is 4.23. The third-order valence-electron chi connectivity index (χ3n) is 17.2. The summed E-state index contributed by atoms with van der Waals surface area (Å²) in [6.45, 7) is 4.75. The standard InChI is InChI=1S/C60H47N/c1-58(2)52-16-10-9-15-48(52)50-35-46(26-29-53(50)58)61(45-24-21-41(22-25-45)40-19-17-39(18-20-40)37-11-5-3-6-12-37)47-27-30-55-51(36-47)49-31-42(38-13-7-4-8-14-38)23-28-54(49)60(55)56-33-43-32-44-34-57(60)59(43,44)56/h3-31,35-36,43-44,56-57H,32-34H2,1-2H3. The minimum absolute atomic E-state index is 0.0449. The minimum Gasteiger partial charge on any atom is -0.310 e. The highest BCUT2D eigenvalue weighted by Gasteiger charge is 2.90. The average Bonchev–Trinajstić information content (AvgIpc) is 3.71. The summed E-state index contributed by atoms with van der Waals surface area (Å²) in [6, 6.07) is 71.3. The van der Waals surface area contributed by atoms with Crippen molar-refractivity contribution in [2.75, 3.05) is 4.90 Å². The molecule has 61 heavy (non-hydrogen) atoms. The normalized spacial score (nSPS) is 25.6. The molecule has 4 fully saturated rings. The number of anilines is 3. The molecule has 0 amide bonds. The molecule has 4 saturated carbocycles. The molecule has 1 heteroatoms. The monoisotopic (exact) mass is 781 g/mol. The van der Waals surface area contributed by atoms with E-state index in [0.717, 1.165) is 23.7 Å². The zero-order chi connectivity index (χ0) is 40.2. The molecule has 8 aromatic carbocycles. The van der Waals surface area contributed by atoms with Crippen molar-refractivity contribution in [3.05, 3.63) is 210 Å². The molecule has 0 bridgehead atoms. The Morgan fingerprint density at radius 1 is 0.361 bits per heavy atom. The number of rotatable bonds is 6. The van der Waals surface area contributed by atoms with Crippen molar-refractivity contribution in [2.24, 2.45) is 29.1 Å². The van der Waals surface area contributed by atoms with E-state index in [1.165, 1.54) is 103 Å². The highest BCUT2D eigenvalue weighted by atomic mass is 15.1. The molecule has 6 aliphatic carbocycles. The largest absolute Gasteiger partial charge is 0.310 e. The lowest BCUT2D eigenvalue weighted by Gasteiger charge is -2.92. The van der Waals surface area contributed by atoms with Crippen LogP contribution in [0.2, 0.25) is 0 Å². The Labute approximate surface area is 359 Å². The van der Waals surface area contributed by atoms with E-state index < -0.39 is 0 Å². The molecule has 8 aromatic rings. The molecule has 0 N–H and O–H groups in total. The summed E-state index contributed by atoms with van der Waals surface area (Å²) >= 11 is 0. The fraction of sp³-hybridized carbons (Fsp3) is 0.200. The molecule has 1 nitrogen and oxygen atoms in total. The van der Waals surface area contributed by atoms with E-state index in [2.05, 4.69) is 207 Å². The first kappa shape index (κ1) is 34.3. The van der Waals surface area contributed by atoms with Gasteiger partial charge in [0, 0.05) is 27.9 Å². The van der Waals surface area contributed by atoms with Crippen LogP contribution >= 0.6 is 0 Å². The van der Waals surface area contributed by atoms with Crippen molar-refractivity contribution >= 4 is 17.1 Å². The van der Waals surface area contributed by atoms with Crippen molar-refractivity contribution in [1.82, 2.24) is 0 Å². The summed E-state index contributed by atoms with van der Waals surface area (Å²) in [5, 5.41) is 0. The molecule has 0 aromatic heterocycles. The van der Waals surface area contributed by atoms with Crippen molar-refractivity contribution in [3.63, 3.8) is 0 Å². The molecule has 0 heterocycles. The molecule has 292 valence electrons. The van der Waals surface area contributed by atoms with Crippen LogP contribution in [0, 0.1) is 29.1 Å². The van der Waals surface area contributed by atoms with Crippen LogP contribution in [0.4, 0.5) is 17.1 Å². The minimum atomic E-state index is -0.0449. The summed E-state index contributed by atoms with van der Waals surface area (Å²) < 4.78 is 0. The first-order chi connectivity index (χ1) is 30.0. The first-order valence-corrected chi connectivity index (χ1v) is 22.6. The van der Waals surface area contributed by atoms with Gasteiger partial charge in [-0.05, 0) is 169 Å². The fourth-order valence-electron chi connectivity index (χ4n) is 14.5. The van der Waals surface area contributed by atoms with Gasteiger partial charge in [-0.3, -0.25) is 0 Å². The predicted octanol–water partition coefficient (Wildman–Crippen LogP) is 15.4. The van der Waals surface area contributed by atoms with Crippen LogP contribution in [0.25, 0.3) is 55.6 Å². The van der Waals surface area contributed by atoms with Crippen molar-refractivity contribution < 1.29 is 0 Å². The number of hydrogen-bond acceptors (Lipinski definition) is 1. The maximum atomic E-state index is 2.57. The topological polar surface area (TPSA) is 3.24 Å². The molecular formula is C60H47N. The Kier molecular flexibility index (Phi) is 6.68. The van der Waals surface area contributed by atoms with Crippen LogP contribution in [-0.4, -0.2) is 0 Å². The lowest BCUT2D eigenvalue weighted by molar-refractivity contribution is -0.412. The van der Waals surface area contributed by atoms with Gasteiger partial charge < -0.3 is 4.90 Å². The van der Waals surface area contributed by atoms with E-state index in [-0.39, 0.29) is 10.8 Å². The number of nitrogens with zero attached hydrogens (tertiary/aromatic N) is 1. The van der Waals surface area contributed by atoms with Crippen LogP contribution in [0.15, 0.2) is 188 Å². The molecule has 14 rings (SSSR count). The average molecular weight is 782 g/mol. The van der Waals surface area contributed by atoms with Crippen molar-refractivity contribution in [1.29, 1.82) is 0 Å². The van der Waals surface area contributed by atoms with Gasteiger partial charge in [0.2, 0.25) is 0 Å². The third-order valence-corrected chi connectivity index (χ3v) is 17.2. The van der Waals surface area contributed by atoms with E-state index in [4.69, 9.17) is 0 Å². The van der Waals surface area contributed by atoms with Gasteiger partial charge >= 0.3 is 0 Å². The summed E-state index contributed by atoms with van der Waals surface area (Å²) in [7, 11) is 0. The molecular weight excluding hydrogens is 735 g/mol. The van der Waals surface area contributed by atoms with Crippen LogP contribution in [-0.2, 0) is 10.8 Å². The predicted molar refractivity (Wildman–Crippen MR) is 251 cm³/mol. The Bertz CT molecular complexity index is 3080.